The summed E-state index contributed by atoms with van der Waals surface area (Å²) in [6, 6.07) is 7.89. The summed E-state index contributed by atoms with van der Waals surface area (Å²) < 4.78 is 0. The molecule has 2 heterocycles. The zero-order chi connectivity index (χ0) is 17.6. The number of anilines is 1. The summed E-state index contributed by atoms with van der Waals surface area (Å²) in [5, 5.41) is 2.65. The van der Waals surface area contributed by atoms with Crippen LogP contribution >= 0.6 is 0 Å². The smallest absolute Gasteiger partial charge is 0.245 e. The maximum atomic E-state index is 12.8. The molecule has 2 aromatic rings. The Balaban J connectivity index is 2.00. The molecule has 5 nitrogen and oxygen atoms in total. The standard InChI is InChI=1S/C20H26N4O/c1-3-5-7-12-18-22-17-14-21-16-11-9-8-10-15(16)20(17)24(23-18)19(25)13-6-4-2/h8-11,14H,3-7,12-13H2,1-2H3,(H,22,23). The van der Waals surface area contributed by atoms with Gasteiger partial charge in [0.05, 0.1) is 11.7 Å². The molecule has 1 aliphatic heterocycles. The monoisotopic (exact) mass is 338 g/mol. The number of amides is 1. The predicted octanol–water partition coefficient (Wildman–Crippen LogP) is 4.89. The van der Waals surface area contributed by atoms with E-state index < -0.39 is 0 Å². The van der Waals surface area contributed by atoms with Crippen LogP contribution in [0, 0.1) is 0 Å². The third-order valence-corrected chi connectivity index (χ3v) is 4.46. The van der Waals surface area contributed by atoms with Gasteiger partial charge in [-0.3, -0.25) is 15.2 Å². The van der Waals surface area contributed by atoms with E-state index >= 15 is 0 Å². The quantitative estimate of drug-likeness (QED) is 0.732. The van der Waals surface area contributed by atoms with Crippen molar-refractivity contribution >= 4 is 34.0 Å². The summed E-state index contributed by atoms with van der Waals surface area (Å²) in [6.07, 6.45) is 8.43. The minimum atomic E-state index is 0.0855. The average Bonchev–Trinajstić information content (AvgIpc) is 2.65. The van der Waals surface area contributed by atoms with Gasteiger partial charge < -0.3 is 0 Å². The molecule has 3 rings (SSSR count). The van der Waals surface area contributed by atoms with Crippen molar-refractivity contribution in [3.63, 3.8) is 0 Å². The molecule has 1 amide bonds. The van der Waals surface area contributed by atoms with E-state index in [1.165, 1.54) is 0 Å². The van der Waals surface area contributed by atoms with E-state index in [4.69, 9.17) is 4.99 Å². The number of hydrogen-bond donors (Lipinski definition) is 1. The van der Waals surface area contributed by atoms with Crippen LogP contribution in [0.25, 0.3) is 10.9 Å². The first-order chi connectivity index (χ1) is 12.2. The number of amidine groups is 1. The Morgan fingerprint density at radius 2 is 1.92 bits per heavy atom. The molecule has 0 fully saturated rings. The Bertz CT molecular complexity index is 784. The lowest BCUT2D eigenvalue weighted by molar-refractivity contribution is -0.119. The highest BCUT2D eigenvalue weighted by molar-refractivity contribution is 6.10. The second-order valence-corrected chi connectivity index (χ2v) is 6.47. The lowest BCUT2D eigenvalue weighted by atomic mass is 10.1. The molecule has 1 N–H and O–H groups in total. The van der Waals surface area contributed by atoms with Crippen molar-refractivity contribution in [3.05, 3.63) is 30.5 Å². The number of fused-ring (bicyclic) bond motifs is 3. The highest BCUT2D eigenvalue weighted by atomic mass is 16.2. The topological polar surface area (TPSA) is 57.6 Å². The molecule has 0 saturated carbocycles. The minimum absolute atomic E-state index is 0.0855. The summed E-state index contributed by atoms with van der Waals surface area (Å²) in [5.41, 5.74) is 5.75. The molecule has 132 valence electrons. The molecule has 0 spiro atoms. The number of hydrazine groups is 1. The van der Waals surface area contributed by atoms with Gasteiger partial charge in [0, 0.05) is 18.2 Å². The molecule has 0 saturated heterocycles. The first-order valence-corrected chi connectivity index (χ1v) is 9.29. The number of benzene rings is 1. The van der Waals surface area contributed by atoms with Crippen molar-refractivity contribution in [2.45, 2.75) is 58.8 Å². The van der Waals surface area contributed by atoms with E-state index in [1.807, 2.05) is 24.3 Å². The number of rotatable bonds is 7. The van der Waals surface area contributed by atoms with Crippen molar-refractivity contribution in [3.8, 4) is 0 Å². The zero-order valence-electron chi connectivity index (χ0n) is 15.1. The normalized spacial score (nSPS) is 13.4. The molecular weight excluding hydrogens is 312 g/mol. The summed E-state index contributed by atoms with van der Waals surface area (Å²) in [6.45, 7) is 4.28. The van der Waals surface area contributed by atoms with E-state index in [1.54, 1.807) is 11.2 Å². The fraction of sp³-hybridized carbons (Fsp3) is 0.450. The van der Waals surface area contributed by atoms with Gasteiger partial charge in [0.25, 0.3) is 0 Å². The SMILES string of the molecule is CCCCCC1=Nc2cnc3ccccc3c2N(C(=O)CCCC)N1. The summed E-state index contributed by atoms with van der Waals surface area (Å²) in [7, 11) is 0. The highest BCUT2D eigenvalue weighted by Gasteiger charge is 2.26. The molecule has 1 aromatic heterocycles. The lowest BCUT2D eigenvalue weighted by Gasteiger charge is -2.31. The molecule has 25 heavy (non-hydrogen) atoms. The molecule has 5 heteroatoms. The van der Waals surface area contributed by atoms with E-state index in [9.17, 15) is 4.79 Å². The molecular formula is C20H26N4O. The summed E-state index contributed by atoms with van der Waals surface area (Å²) in [5.74, 6) is 0.935. The van der Waals surface area contributed by atoms with Gasteiger partial charge in [-0.05, 0) is 18.9 Å². The maximum Gasteiger partial charge on any atom is 0.245 e. The van der Waals surface area contributed by atoms with Gasteiger partial charge in [0.1, 0.15) is 17.2 Å². The van der Waals surface area contributed by atoms with E-state index in [2.05, 4.69) is 24.3 Å². The number of carbonyl (C=O) groups excluding carboxylic acids is 1. The van der Waals surface area contributed by atoms with Gasteiger partial charge in [-0.2, -0.15) is 0 Å². The summed E-state index contributed by atoms with van der Waals surface area (Å²) in [4.78, 5) is 22.1. The van der Waals surface area contributed by atoms with Gasteiger partial charge in [-0.15, -0.1) is 0 Å². The molecule has 0 radical (unpaired) electrons. The van der Waals surface area contributed by atoms with Gasteiger partial charge in [0.2, 0.25) is 5.91 Å². The van der Waals surface area contributed by atoms with Crippen LogP contribution in [0.2, 0.25) is 0 Å². The fourth-order valence-electron chi connectivity index (χ4n) is 3.07. The van der Waals surface area contributed by atoms with Crippen LogP contribution in [-0.2, 0) is 4.79 Å². The second-order valence-electron chi connectivity index (χ2n) is 6.47. The Hall–Kier alpha value is -2.43. The number of aliphatic imine (C=N–C) groups is 1. The van der Waals surface area contributed by atoms with Crippen LogP contribution in [0.15, 0.2) is 35.5 Å². The Morgan fingerprint density at radius 1 is 1.12 bits per heavy atom. The first kappa shape index (κ1) is 17.4. The van der Waals surface area contributed by atoms with E-state index in [-0.39, 0.29) is 5.91 Å². The summed E-state index contributed by atoms with van der Waals surface area (Å²) >= 11 is 0. The molecule has 1 aliphatic rings. The van der Waals surface area contributed by atoms with Gasteiger partial charge in [0.15, 0.2) is 0 Å². The third-order valence-electron chi connectivity index (χ3n) is 4.46. The van der Waals surface area contributed by atoms with Crippen molar-refractivity contribution in [2.24, 2.45) is 4.99 Å². The number of para-hydroxylation sites is 1. The van der Waals surface area contributed by atoms with Crippen molar-refractivity contribution in [1.29, 1.82) is 0 Å². The number of carbonyl (C=O) groups is 1. The van der Waals surface area contributed by atoms with Crippen LogP contribution in [0.4, 0.5) is 11.4 Å². The van der Waals surface area contributed by atoms with Crippen LogP contribution in [0.3, 0.4) is 0 Å². The first-order valence-electron chi connectivity index (χ1n) is 9.29. The number of unbranched alkanes of at least 4 members (excludes halogenated alkanes) is 3. The lowest BCUT2D eigenvalue weighted by Crippen LogP contribution is -2.48. The van der Waals surface area contributed by atoms with Crippen molar-refractivity contribution < 1.29 is 4.79 Å². The Labute approximate surface area is 149 Å². The Kier molecular flexibility index (Phi) is 5.64. The van der Waals surface area contributed by atoms with Crippen LogP contribution in [0.1, 0.15) is 58.8 Å². The van der Waals surface area contributed by atoms with Crippen LogP contribution in [0.5, 0.6) is 0 Å². The molecule has 0 unspecified atom stereocenters. The molecule has 1 aromatic carbocycles. The Morgan fingerprint density at radius 3 is 2.72 bits per heavy atom. The maximum absolute atomic E-state index is 12.8. The zero-order valence-corrected chi connectivity index (χ0v) is 15.1. The second kappa shape index (κ2) is 8.10. The third kappa shape index (κ3) is 3.81. The number of aromatic nitrogens is 1. The van der Waals surface area contributed by atoms with Gasteiger partial charge in [-0.1, -0.05) is 51.3 Å². The van der Waals surface area contributed by atoms with Gasteiger partial charge in [-0.25, -0.2) is 10.0 Å². The number of nitrogens with zero attached hydrogens (tertiary/aromatic N) is 3. The molecule has 0 bridgehead atoms. The van der Waals surface area contributed by atoms with E-state index in [0.717, 1.165) is 66.6 Å². The van der Waals surface area contributed by atoms with Crippen LogP contribution in [-0.4, -0.2) is 16.7 Å². The van der Waals surface area contributed by atoms with Gasteiger partial charge >= 0.3 is 0 Å². The molecule has 0 atom stereocenters. The predicted molar refractivity (Wildman–Crippen MR) is 103 cm³/mol. The minimum Gasteiger partial charge on any atom is -0.278 e. The van der Waals surface area contributed by atoms with E-state index in [0.29, 0.717) is 6.42 Å². The largest absolute Gasteiger partial charge is 0.278 e. The average molecular weight is 338 g/mol. The fourth-order valence-corrected chi connectivity index (χ4v) is 3.07. The number of hydrogen-bond acceptors (Lipinski definition) is 4. The highest BCUT2D eigenvalue weighted by Crippen LogP contribution is 2.37. The van der Waals surface area contributed by atoms with Crippen molar-refractivity contribution in [2.75, 3.05) is 5.01 Å². The molecule has 0 aliphatic carbocycles. The van der Waals surface area contributed by atoms with Crippen LogP contribution < -0.4 is 10.4 Å². The number of nitrogens with one attached hydrogen (secondary N) is 1. The van der Waals surface area contributed by atoms with Crippen molar-refractivity contribution in [1.82, 2.24) is 10.4 Å². The number of pyridine rings is 1.